The molecule has 2 aromatic rings. The van der Waals surface area contributed by atoms with Crippen LogP contribution in [0.3, 0.4) is 0 Å². The maximum Gasteiger partial charge on any atom is 0.139 e. The second-order valence-corrected chi connectivity index (χ2v) is 4.50. The van der Waals surface area contributed by atoms with E-state index < -0.39 is 0 Å². The minimum atomic E-state index is 0.338. The van der Waals surface area contributed by atoms with E-state index >= 15 is 0 Å². The van der Waals surface area contributed by atoms with Gasteiger partial charge in [-0.05, 0) is 37.6 Å². The van der Waals surface area contributed by atoms with Gasteiger partial charge in [0.25, 0.3) is 0 Å². The van der Waals surface area contributed by atoms with Crippen molar-refractivity contribution in [1.29, 1.82) is 0 Å². The largest absolute Gasteiger partial charge is 0.506 e. The van der Waals surface area contributed by atoms with Gasteiger partial charge in [-0.25, -0.2) is 0 Å². The first kappa shape index (κ1) is 9.73. The molecule has 0 atom stereocenters. The minimum absolute atomic E-state index is 0.338. The number of nitrogens with one attached hydrogen (secondary N) is 1. The first-order chi connectivity index (χ1) is 7.84. The molecule has 0 aliphatic carbocycles. The summed E-state index contributed by atoms with van der Waals surface area (Å²) in [5, 5.41) is 10.8. The molecule has 16 heavy (non-hydrogen) atoms. The van der Waals surface area contributed by atoms with Crippen LogP contribution in [0, 0.1) is 0 Å². The predicted molar refractivity (Wildman–Crippen MR) is 64.5 cm³/mol. The van der Waals surface area contributed by atoms with Gasteiger partial charge in [0.05, 0.1) is 5.52 Å². The van der Waals surface area contributed by atoms with E-state index in [0.717, 1.165) is 17.4 Å². The molecule has 1 aliphatic rings. The summed E-state index contributed by atoms with van der Waals surface area (Å²) in [7, 11) is 0. The second kappa shape index (κ2) is 3.83. The van der Waals surface area contributed by atoms with Crippen molar-refractivity contribution in [1.82, 2.24) is 9.88 Å². The van der Waals surface area contributed by atoms with Crippen molar-refractivity contribution in [3.8, 4) is 5.75 Å². The van der Waals surface area contributed by atoms with E-state index in [1.807, 2.05) is 12.3 Å². The lowest BCUT2D eigenvalue weighted by molar-refractivity contribution is 0.332. The molecule has 1 aromatic carbocycles. The Labute approximate surface area is 94.7 Å². The Balaban J connectivity index is 1.94. The van der Waals surface area contributed by atoms with E-state index in [4.69, 9.17) is 0 Å². The van der Waals surface area contributed by atoms with Gasteiger partial charge in [-0.15, -0.1) is 0 Å². The first-order valence-corrected chi connectivity index (χ1v) is 5.85. The molecule has 1 saturated heterocycles. The number of phenolic OH excluding ortho intramolecular Hbond substituents is 1. The Bertz CT molecular complexity index is 498. The number of aromatic amines is 1. The molecule has 0 amide bonds. The normalized spacial score (nSPS) is 17.2. The van der Waals surface area contributed by atoms with Crippen LogP contribution in [0.15, 0.2) is 24.4 Å². The molecule has 0 radical (unpaired) electrons. The van der Waals surface area contributed by atoms with Gasteiger partial charge in [0.1, 0.15) is 5.75 Å². The molecule has 1 fully saturated rings. The summed E-state index contributed by atoms with van der Waals surface area (Å²) in [6.07, 6.45) is 4.64. The third-order valence-electron chi connectivity index (χ3n) is 3.37. The van der Waals surface area contributed by atoms with Crippen molar-refractivity contribution in [3.05, 3.63) is 30.0 Å². The first-order valence-electron chi connectivity index (χ1n) is 5.85. The zero-order chi connectivity index (χ0) is 11.0. The van der Waals surface area contributed by atoms with Gasteiger partial charge in [-0.3, -0.25) is 4.90 Å². The van der Waals surface area contributed by atoms with Crippen LogP contribution >= 0.6 is 0 Å². The molecule has 84 valence electrons. The summed E-state index contributed by atoms with van der Waals surface area (Å²) in [5.74, 6) is 0.338. The maximum atomic E-state index is 9.70. The average Bonchev–Trinajstić information content (AvgIpc) is 2.90. The zero-order valence-electron chi connectivity index (χ0n) is 9.24. The highest BCUT2D eigenvalue weighted by Gasteiger charge is 2.14. The number of hydrogen-bond donors (Lipinski definition) is 2. The summed E-state index contributed by atoms with van der Waals surface area (Å²) in [6, 6.07) is 5.69. The highest BCUT2D eigenvalue weighted by molar-refractivity contribution is 5.87. The Morgan fingerprint density at radius 1 is 1.25 bits per heavy atom. The maximum absolute atomic E-state index is 9.70. The summed E-state index contributed by atoms with van der Waals surface area (Å²) in [6.45, 7) is 3.39. The van der Waals surface area contributed by atoms with Crippen molar-refractivity contribution in [2.45, 2.75) is 19.4 Å². The number of phenols is 1. The molecule has 0 unspecified atom stereocenters. The van der Waals surface area contributed by atoms with Crippen LogP contribution in [0.5, 0.6) is 5.75 Å². The molecule has 0 bridgehead atoms. The van der Waals surface area contributed by atoms with Gasteiger partial charge >= 0.3 is 0 Å². The smallest absolute Gasteiger partial charge is 0.139 e. The van der Waals surface area contributed by atoms with Crippen LogP contribution < -0.4 is 0 Å². The Morgan fingerprint density at radius 3 is 2.88 bits per heavy atom. The summed E-state index contributed by atoms with van der Waals surface area (Å²) >= 11 is 0. The van der Waals surface area contributed by atoms with E-state index in [1.54, 1.807) is 6.07 Å². The van der Waals surface area contributed by atoms with E-state index in [9.17, 15) is 5.11 Å². The molecule has 3 heteroatoms. The van der Waals surface area contributed by atoms with E-state index in [0.29, 0.717) is 5.75 Å². The van der Waals surface area contributed by atoms with Crippen LogP contribution in [0.2, 0.25) is 0 Å². The second-order valence-electron chi connectivity index (χ2n) is 4.50. The van der Waals surface area contributed by atoms with Gasteiger partial charge in [0.15, 0.2) is 0 Å². The van der Waals surface area contributed by atoms with Crippen LogP contribution in [0.25, 0.3) is 10.9 Å². The number of aromatic nitrogens is 1. The summed E-state index contributed by atoms with van der Waals surface area (Å²) in [4.78, 5) is 5.62. The molecule has 1 aromatic heterocycles. The van der Waals surface area contributed by atoms with Crippen molar-refractivity contribution in [2.75, 3.05) is 13.1 Å². The lowest BCUT2D eigenvalue weighted by atomic mass is 10.1. The van der Waals surface area contributed by atoms with Crippen molar-refractivity contribution < 1.29 is 5.11 Å². The number of H-pyrrole nitrogens is 1. The van der Waals surface area contributed by atoms with E-state index in [1.165, 1.54) is 31.5 Å². The highest BCUT2D eigenvalue weighted by Crippen LogP contribution is 2.27. The quantitative estimate of drug-likeness (QED) is 0.809. The van der Waals surface area contributed by atoms with Crippen LogP contribution in [-0.2, 0) is 6.54 Å². The Hall–Kier alpha value is -1.48. The number of benzene rings is 1. The van der Waals surface area contributed by atoms with Crippen LogP contribution in [-0.4, -0.2) is 28.1 Å². The third kappa shape index (κ3) is 1.57. The Morgan fingerprint density at radius 2 is 2.06 bits per heavy atom. The van der Waals surface area contributed by atoms with Crippen molar-refractivity contribution in [3.63, 3.8) is 0 Å². The van der Waals surface area contributed by atoms with Gasteiger partial charge in [-0.2, -0.15) is 0 Å². The van der Waals surface area contributed by atoms with Gasteiger partial charge in [-0.1, -0.05) is 12.1 Å². The fraction of sp³-hybridized carbons (Fsp3) is 0.385. The van der Waals surface area contributed by atoms with Gasteiger partial charge < -0.3 is 10.1 Å². The molecule has 0 saturated carbocycles. The minimum Gasteiger partial charge on any atom is -0.506 e. The molecule has 1 aliphatic heterocycles. The monoisotopic (exact) mass is 216 g/mol. The van der Waals surface area contributed by atoms with Crippen LogP contribution in [0.1, 0.15) is 18.4 Å². The zero-order valence-corrected chi connectivity index (χ0v) is 9.24. The van der Waals surface area contributed by atoms with Crippen molar-refractivity contribution in [2.24, 2.45) is 0 Å². The van der Waals surface area contributed by atoms with Gasteiger partial charge in [0, 0.05) is 18.1 Å². The topological polar surface area (TPSA) is 39.3 Å². The van der Waals surface area contributed by atoms with Crippen molar-refractivity contribution >= 4 is 10.9 Å². The number of aromatic hydroxyl groups is 1. The highest BCUT2D eigenvalue weighted by atomic mass is 16.3. The summed E-state index contributed by atoms with van der Waals surface area (Å²) < 4.78 is 0. The molecule has 3 rings (SSSR count). The van der Waals surface area contributed by atoms with Gasteiger partial charge in [0.2, 0.25) is 0 Å². The number of likely N-dealkylation sites (tertiary alicyclic amines) is 1. The SMILES string of the molecule is Oc1cccc2c(CN3CCCC3)c[nH]c12. The molecular formula is C13H16N2O. The number of para-hydroxylation sites is 1. The van der Waals surface area contributed by atoms with E-state index in [2.05, 4.69) is 16.0 Å². The lowest BCUT2D eigenvalue weighted by Gasteiger charge is -2.13. The molecular weight excluding hydrogens is 200 g/mol. The standard InChI is InChI=1S/C13H16N2O/c16-12-5-3-4-11-10(8-14-13(11)12)9-15-6-1-2-7-15/h3-5,8,14,16H,1-2,6-7,9H2. The number of nitrogens with zero attached hydrogens (tertiary/aromatic N) is 1. The molecule has 2 heterocycles. The number of rotatable bonds is 2. The average molecular weight is 216 g/mol. The van der Waals surface area contributed by atoms with Crippen LogP contribution in [0.4, 0.5) is 0 Å². The predicted octanol–water partition coefficient (Wildman–Crippen LogP) is 2.47. The lowest BCUT2D eigenvalue weighted by Crippen LogP contribution is -2.17. The third-order valence-corrected chi connectivity index (χ3v) is 3.37. The number of hydrogen-bond acceptors (Lipinski definition) is 2. The molecule has 2 N–H and O–H groups in total. The fourth-order valence-electron chi connectivity index (χ4n) is 2.51. The molecule has 0 spiro atoms. The van der Waals surface area contributed by atoms with E-state index in [-0.39, 0.29) is 0 Å². The Kier molecular flexibility index (Phi) is 2.33. The fourth-order valence-corrected chi connectivity index (χ4v) is 2.51. The molecule has 3 nitrogen and oxygen atoms in total. The summed E-state index contributed by atoms with van der Waals surface area (Å²) in [5.41, 5.74) is 2.14. The number of fused-ring (bicyclic) bond motifs is 1.